The molecular formula is C22H27ClN4O2S. The monoisotopic (exact) mass is 446 g/mol. The summed E-state index contributed by atoms with van der Waals surface area (Å²) in [6.45, 7) is 3.21. The maximum Gasteiger partial charge on any atom is 0.261 e. The fourth-order valence-electron chi connectivity index (χ4n) is 3.75. The van der Waals surface area contributed by atoms with Gasteiger partial charge in [-0.25, -0.2) is 13.1 Å². The first-order valence-corrected chi connectivity index (χ1v) is 11.5. The average Bonchev–Trinajstić information content (AvgIpc) is 3.27. The highest BCUT2D eigenvalue weighted by molar-refractivity contribution is 7.92. The van der Waals surface area contributed by atoms with Crippen LogP contribution in [0.2, 0.25) is 0 Å². The van der Waals surface area contributed by atoms with E-state index in [-0.39, 0.29) is 17.3 Å². The van der Waals surface area contributed by atoms with Crippen molar-refractivity contribution in [2.24, 2.45) is 0 Å². The number of halogens is 1. The van der Waals surface area contributed by atoms with E-state index in [4.69, 9.17) is 0 Å². The molecule has 1 aliphatic rings. The largest absolute Gasteiger partial charge is 0.314 e. The Morgan fingerprint density at radius 1 is 1.13 bits per heavy atom. The van der Waals surface area contributed by atoms with E-state index in [0.29, 0.717) is 11.7 Å². The Balaban J connectivity index is 0.00000256. The number of benzene rings is 2. The van der Waals surface area contributed by atoms with E-state index in [1.807, 2.05) is 30.5 Å². The molecule has 0 spiro atoms. The Morgan fingerprint density at radius 3 is 2.63 bits per heavy atom. The van der Waals surface area contributed by atoms with Crippen LogP contribution in [-0.2, 0) is 22.9 Å². The second-order valence-corrected chi connectivity index (χ2v) is 9.11. The van der Waals surface area contributed by atoms with Crippen molar-refractivity contribution in [2.75, 3.05) is 11.3 Å². The fourth-order valence-corrected chi connectivity index (χ4v) is 4.80. The molecule has 0 saturated carbocycles. The molecule has 1 heterocycles. The van der Waals surface area contributed by atoms with Gasteiger partial charge in [0.05, 0.1) is 10.6 Å². The van der Waals surface area contributed by atoms with E-state index >= 15 is 0 Å². The lowest BCUT2D eigenvalue weighted by atomic mass is 9.88. The average molecular weight is 447 g/mol. The molecule has 0 amide bonds. The first-order valence-electron chi connectivity index (χ1n) is 10.0. The van der Waals surface area contributed by atoms with E-state index in [1.54, 1.807) is 35.1 Å². The van der Waals surface area contributed by atoms with Crippen molar-refractivity contribution < 1.29 is 8.42 Å². The van der Waals surface area contributed by atoms with Gasteiger partial charge in [0.25, 0.3) is 10.0 Å². The van der Waals surface area contributed by atoms with Gasteiger partial charge in [0.1, 0.15) is 0 Å². The molecule has 0 radical (unpaired) electrons. The molecule has 4 rings (SSSR count). The molecular weight excluding hydrogens is 420 g/mol. The molecule has 160 valence electrons. The van der Waals surface area contributed by atoms with Crippen molar-refractivity contribution in [3.05, 3.63) is 72.1 Å². The number of hydrogen-bond donors (Lipinski definition) is 2. The number of nitrogens with zero attached hydrogens (tertiary/aromatic N) is 2. The molecule has 3 aromatic rings. The van der Waals surface area contributed by atoms with Crippen molar-refractivity contribution in [1.29, 1.82) is 0 Å². The number of sulfonamides is 1. The molecule has 0 fully saturated rings. The van der Waals surface area contributed by atoms with Crippen LogP contribution in [0.5, 0.6) is 0 Å². The van der Waals surface area contributed by atoms with Gasteiger partial charge in [0, 0.05) is 24.1 Å². The number of aromatic nitrogens is 2. The molecule has 0 saturated heterocycles. The molecule has 0 unspecified atom stereocenters. The van der Waals surface area contributed by atoms with Crippen LogP contribution >= 0.6 is 12.4 Å². The molecule has 2 aromatic carbocycles. The highest BCUT2D eigenvalue weighted by Gasteiger charge is 2.20. The van der Waals surface area contributed by atoms with Crippen LogP contribution in [0.3, 0.4) is 0 Å². The minimum absolute atomic E-state index is 0. The van der Waals surface area contributed by atoms with Gasteiger partial charge in [-0.3, -0.25) is 4.72 Å². The number of aryl methyl sites for hydroxylation is 1. The van der Waals surface area contributed by atoms with Gasteiger partial charge in [-0.15, -0.1) is 12.4 Å². The molecule has 1 aliphatic carbocycles. The lowest BCUT2D eigenvalue weighted by Crippen LogP contribution is -2.35. The van der Waals surface area contributed by atoms with Gasteiger partial charge >= 0.3 is 0 Å². The number of fused-ring (bicyclic) bond motifs is 1. The van der Waals surface area contributed by atoms with E-state index in [0.717, 1.165) is 37.9 Å². The zero-order valence-electron chi connectivity index (χ0n) is 16.9. The summed E-state index contributed by atoms with van der Waals surface area (Å²) in [5, 5.41) is 7.74. The lowest BCUT2D eigenvalue weighted by Gasteiger charge is -2.26. The maximum atomic E-state index is 12.8. The number of anilines is 1. The summed E-state index contributed by atoms with van der Waals surface area (Å²) in [7, 11) is -3.64. The van der Waals surface area contributed by atoms with Crippen molar-refractivity contribution in [1.82, 2.24) is 15.1 Å². The SMILES string of the molecule is CCCN[C@H]1CCc2cc(NS(=O)(=O)c3ccc(-n4cccn4)cc3)ccc2C1.Cl. The van der Waals surface area contributed by atoms with Crippen molar-refractivity contribution >= 4 is 28.1 Å². The minimum Gasteiger partial charge on any atom is -0.314 e. The summed E-state index contributed by atoms with van der Waals surface area (Å²) >= 11 is 0. The van der Waals surface area contributed by atoms with Crippen LogP contribution in [-0.4, -0.2) is 30.8 Å². The lowest BCUT2D eigenvalue weighted by molar-refractivity contribution is 0.459. The molecule has 2 N–H and O–H groups in total. The first-order chi connectivity index (χ1) is 14.0. The number of hydrogen-bond acceptors (Lipinski definition) is 4. The van der Waals surface area contributed by atoms with Crippen molar-refractivity contribution in [3.63, 3.8) is 0 Å². The van der Waals surface area contributed by atoms with Crippen LogP contribution in [0.15, 0.2) is 65.8 Å². The summed E-state index contributed by atoms with van der Waals surface area (Å²) in [4.78, 5) is 0.231. The fraction of sp³-hybridized carbons (Fsp3) is 0.318. The zero-order chi connectivity index (χ0) is 20.3. The van der Waals surface area contributed by atoms with E-state index in [9.17, 15) is 8.42 Å². The van der Waals surface area contributed by atoms with Gasteiger partial charge in [-0.2, -0.15) is 5.10 Å². The molecule has 1 aromatic heterocycles. The molecule has 6 nitrogen and oxygen atoms in total. The van der Waals surface area contributed by atoms with Crippen LogP contribution in [0, 0.1) is 0 Å². The van der Waals surface area contributed by atoms with Gasteiger partial charge in [0.15, 0.2) is 0 Å². The second-order valence-electron chi connectivity index (χ2n) is 7.43. The Labute approximate surface area is 184 Å². The molecule has 1 atom stereocenters. The molecule has 30 heavy (non-hydrogen) atoms. The Hall–Kier alpha value is -2.35. The predicted octanol–water partition coefficient (Wildman–Crippen LogP) is 3.95. The number of nitrogens with one attached hydrogen (secondary N) is 2. The Kier molecular flexibility index (Phi) is 7.18. The van der Waals surface area contributed by atoms with Gasteiger partial charge in [-0.05, 0) is 85.8 Å². The van der Waals surface area contributed by atoms with Crippen molar-refractivity contribution in [3.8, 4) is 5.69 Å². The van der Waals surface area contributed by atoms with E-state index in [1.165, 1.54) is 11.1 Å². The van der Waals surface area contributed by atoms with E-state index in [2.05, 4.69) is 22.1 Å². The molecule has 0 bridgehead atoms. The standard InChI is InChI=1S/C22H26N4O2S.ClH/c1-2-12-23-19-6-4-18-16-20(7-5-17(18)15-19)25-29(27,28)22-10-8-21(9-11-22)26-14-3-13-24-26;/h3,5,7-11,13-14,16,19,23,25H,2,4,6,12,15H2,1H3;1H/t19-;/m0./s1. The third-order valence-corrected chi connectivity index (χ3v) is 6.68. The van der Waals surface area contributed by atoms with Crippen molar-refractivity contribution in [2.45, 2.75) is 43.5 Å². The Bertz CT molecular complexity index is 1070. The maximum absolute atomic E-state index is 12.8. The third kappa shape index (κ3) is 5.03. The normalized spacial score (nSPS) is 15.8. The smallest absolute Gasteiger partial charge is 0.261 e. The zero-order valence-corrected chi connectivity index (χ0v) is 18.5. The van der Waals surface area contributed by atoms with Crippen LogP contribution < -0.4 is 10.0 Å². The van der Waals surface area contributed by atoms with Gasteiger partial charge < -0.3 is 5.32 Å². The molecule has 8 heteroatoms. The topological polar surface area (TPSA) is 76.0 Å². The van der Waals surface area contributed by atoms with Gasteiger partial charge in [-0.1, -0.05) is 13.0 Å². The summed E-state index contributed by atoms with van der Waals surface area (Å²) in [6.07, 6.45) is 7.68. The Morgan fingerprint density at radius 2 is 1.93 bits per heavy atom. The summed E-state index contributed by atoms with van der Waals surface area (Å²) in [5.41, 5.74) is 3.96. The van der Waals surface area contributed by atoms with Crippen LogP contribution in [0.4, 0.5) is 5.69 Å². The summed E-state index contributed by atoms with van der Waals surface area (Å²) in [5.74, 6) is 0. The summed E-state index contributed by atoms with van der Waals surface area (Å²) < 4.78 is 30.0. The van der Waals surface area contributed by atoms with Crippen LogP contribution in [0.1, 0.15) is 30.9 Å². The third-order valence-electron chi connectivity index (χ3n) is 5.29. The van der Waals surface area contributed by atoms with E-state index < -0.39 is 10.0 Å². The highest BCUT2D eigenvalue weighted by Crippen LogP contribution is 2.26. The van der Waals surface area contributed by atoms with Gasteiger partial charge in [0.2, 0.25) is 0 Å². The number of rotatable bonds is 7. The summed E-state index contributed by atoms with van der Waals surface area (Å²) in [6, 6.07) is 14.9. The molecule has 0 aliphatic heterocycles. The minimum atomic E-state index is -3.64. The predicted molar refractivity (Wildman–Crippen MR) is 122 cm³/mol. The first kappa shape index (κ1) is 22.3. The van der Waals surface area contributed by atoms with Crippen LogP contribution in [0.25, 0.3) is 5.69 Å². The second kappa shape index (κ2) is 9.64. The highest BCUT2D eigenvalue weighted by atomic mass is 35.5. The quantitative estimate of drug-likeness (QED) is 0.576.